The van der Waals surface area contributed by atoms with E-state index in [0.717, 1.165) is 28.7 Å². The average molecular weight is 289 g/mol. The molecule has 2 aromatic heterocycles. The minimum absolute atomic E-state index is 0.156. The maximum atomic E-state index is 5.56. The lowest BCUT2D eigenvalue weighted by Crippen LogP contribution is -2.21. The molecule has 4 N–H and O–H groups in total. The standard InChI is InChI=1S/C15H23N5O/c1-9-6-7-11(21-9)8-17-12-10(2)13(20-16)19-14(18-12)15(3,4)5/h6-7H,8,16H2,1-5H3,(H2,17,18,19,20). The highest BCUT2D eigenvalue weighted by molar-refractivity contribution is 5.57. The molecule has 0 saturated carbocycles. The third kappa shape index (κ3) is 3.52. The third-order valence-electron chi connectivity index (χ3n) is 3.18. The van der Waals surface area contributed by atoms with Gasteiger partial charge < -0.3 is 15.2 Å². The molecule has 0 bridgehead atoms. The number of hydrogen-bond acceptors (Lipinski definition) is 6. The molecule has 0 unspecified atom stereocenters. The van der Waals surface area contributed by atoms with Gasteiger partial charge in [0.25, 0.3) is 0 Å². The summed E-state index contributed by atoms with van der Waals surface area (Å²) in [4.78, 5) is 9.09. The molecular weight excluding hydrogens is 266 g/mol. The molecule has 6 heteroatoms. The van der Waals surface area contributed by atoms with Crippen molar-refractivity contribution in [2.75, 3.05) is 10.7 Å². The van der Waals surface area contributed by atoms with Crippen molar-refractivity contribution in [3.63, 3.8) is 0 Å². The summed E-state index contributed by atoms with van der Waals surface area (Å²) in [5.74, 6) is 9.44. The molecule has 6 nitrogen and oxygen atoms in total. The van der Waals surface area contributed by atoms with Gasteiger partial charge in [-0.15, -0.1) is 0 Å². The molecule has 0 radical (unpaired) electrons. The summed E-state index contributed by atoms with van der Waals surface area (Å²) in [6.45, 7) is 10.6. The number of aryl methyl sites for hydroxylation is 1. The van der Waals surface area contributed by atoms with E-state index in [-0.39, 0.29) is 5.41 Å². The van der Waals surface area contributed by atoms with E-state index in [1.807, 2.05) is 26.0 Å². The quantitative estimate of drug-likeness (QED) is 0.592. The minimum Gasteiger partial charge on any atom is -0.465 e. The van der Waals surface area contributed by atoms with Crippen LogP contribution in [0.25, 0.3) is 0 Å². The number of aromatic nitrogens is 2. The third-order valence-corrected chi connectivity index (χ3v) is 3.18. The summed E-state index contributed by atoms with van der Waals surface area (Å²) in [5, 5.41) is 3.29. The molecule has 0 amide bonds. The van der Waals surface area contributed by atoms with Gasteiger partial charge in [-0.25, -0.2) is 15.8 Å². The molecular formula is C15H23N5O. The van der Waals surface area contributed by atoms with Crippen LogP contribution >= 0.6 is 0 Å². The first kappa shape index (κ1) is 15.3. The van der Waals surface area contributed by atoms with Gasteiger partial charge in [0, 0.05) is 11.0 Å². The molecule has 0 spiro atoms. The molecule has 0 fully saturated rings. The summed E-state index contributed by atoms with van der Waals surface area (Å²) in [6, 6.07) is 3.89. The van der Waals surface area contributed by atoms with Crippen LogP contribution < -0.4 is 16.6 Å². The number of nitrogens with zero attached hydrogens (tertiary/aromatic N) is 2. The van der Waals surface area contributed by atoms with Crippen molar-refractivity contribution in [2.24, 2.45) is 5.84 Å². The Morgan fingerprint density at radius 1 is 1.14 bits per heavy atom. The highest BCUT2D eigenvalue weighted by atomic mass is 16.3. The number of nitrogens with one attached hydrogen (secondary N) is 2. The largest absolute Gasteiger partial charge is 0.465 e. The summed E-state index contributed by atoms with van der Waals surface area (Å²) in [5.41, 5.74) is 3.36. The summed E-state index contributed by atoms with van der Waals surface area (Å²) < 4.78 is 5.55. The summed E-state index contributed by atoms with van der Waals surface area (Å²) in [7, 11) is 0. The highest BCUT2D eigenvalue weighted by Crippen LogP contribution is 2.26. The lowest BCUT2D eigenvalue weighted by atomic mass is 9.95. The van der Waals surface area contributed by atoms with E-state index in [1.54, 1.807) is 0 Å². The van der Waals surface area contributed by atoms with Gasteiger partial charge in [-0.2, -0.15) is 0 Å². The molecule has 2 aromatic rings. The Balaban J connectivity index is 2.28. The second-order valence-electron chi connectivity index (χ2n) is 6.13. The number of nitrogens with two attached hydrogens (primary N) is 1. The fourth-order valence-corrected chi connectivity index (χ4v) is 1.92. The van der Waals surface area contributed by atoms with Crippen molar-refractivity contribution < 1.29 is 4.42 Å². The SMILES string of the molecule is Cc1ccc(CNc2nc(C(C)(C)C)nc(NN)c2C)o1. The zero-order valence-corrected chi connectivity index (χ0v) is 13.2. The van der Waals surface area contributed by atoms with Crippen molar-refractivity contribution in [2.45, 2.75) is 46.6 Å². The van der Waals surface area contributed by atoms with Crippen LogP contribution in [0.5, 0.6) is 0 Å². The molecule has 114 valence electrons. The Morgan fingerprint density at radius 2 is 1.81 bits per heavy atom. The number of hydrazine groups is 1. The number of nitrogen functional groups attached to an aromatic ring is 1. The van der Waals surface area contributed by atoms with Crippen LogP contribution in [-0.2, 0) is 12.0 Å². The molecule has 0 aliphatic heterocycles. The minimum atomic E-state index is -0.156. The fraction of sp³-hybridized carbons (Fsp3) is 0.467. The van der Waals surface area contributed by atoms with Crippen LogP contribution in [0, 0.1) is 13.8 Å². The summed E-state index contributed by atoms with van der Waals surface area (Å²) >= 11 is 0. The first-order chi connectivity index (χ1) is 9.81. The second-order valence-corrected chi connectivity index (χ2v) is 6.13. The zero-order chi connectivity index (χ0) is 15.6. The number of hydrogen-bond donors (Lipinski definition) is 3. The van der Waals surface area contributed by atoms with Gasteiger partial charge in [0.1, 0.15) is 29.0 Å². The lowest BCUT2D eigenvalue weighted by Gasteiger charge is -2.20. The number of furan rings is 1. The zero-order valence-electron chi connectivity index (χ0n) is 13.2. The van der Waals surface area contributed by atoms with E-state index < -0.39 is 0 Å². The Morgan fingerprint density at radius 3 is 2.33 bits per heavy atom. The Labute approximate surface area is 125 Å². The van der Waals surface area contributed by atoms with E-state index in [0.29, 0.717) is 12.4 Å². The van der Waals surface area contributed by atoms with Gasteiger partial charge in [0.2, 0.25) is 0 Å². The van der Waals surface area contributed by atoms with Crippen LogP contribution in [0.3, 0.4) is 0 Å². The Kier molecular flexibility index (Phi) is 4.18. The van der Waals surface area contributed by atoms with E-state index in [9.17, 15) is 0 Å². The van der Waals surface area contributed by atoms with Crippen molar-refractivity contribution in [3.8, 4) is 0 Å². The molecule has 0 aliphatic carbocycles. The second kappa shape index (κ2) is 5.73. The van der Waals surface area contributed by atoms with Crippen LogP contribution in [0.2, 0.25) is 0 Å². The fourth-order valence-electron chi connectivity index (χ4n) is 1.92. The first-order valence-corrected chi connectivity index (χ1v) is 6.96. The van der Waals surface area contributed by atoms with E-state index in [2.05, 4.69) is 41.5 Å². The Bertz CT molecular complexity index is 627. The van der Waals surface area contributed by atoms with Crippen LogP contribution in [0.4, 0.5) is 11.6 Å². The molecule has 0 aromatic carbocycles. The van der Waals surface area contributed by atoms with E-state index >= 15 is 0 Å². The Hall–Kier alpha value is -2.08. The molecule has 2 heterocycles. The maximum absolute atomic E-state index is 5.56. The van der Waals surface area contributed by atoms with E-state index in [4.69, 9.17) is 10.3 Å². The van der Waals surface area contributed by atoms with Gasteiger partial charge in [-0.3, -0.25) is 0 Å². The van der Waals surface area contributed by atoms with Gasteiger partial charge in [-0.1, -0.05) is 20.8 Å². The molecule has 0 atom stereocenters. The van der Waals surface area contributed by atoms with Crippen molar-refractivity contribution in [1.29, 1.82) is 0 Å². The molecule has 2 rings (SSSR count). The van der Waals surface area contributed by atoms with Crippen LogP contribution in [0.15, 0.2) is 16.5 Å². The molecule has 0 saturated heterocycles. The monoisotopic (exact) mass is 289 g/mol. The smallest absolute Gasteiger partial charge is 0.148 e. The van der Waals surface area contributed by atoms with Gasteiger partial charge in [0.15, 0.2) is 0 Å². The summed E-state index contributed by atoms with van der Waals surface area (Å²) in [6.07, 6.45) is 0. The van der Waals surface area contributed by atoms with Crippen molar-refractivity contribution >= 4 is 11.6 Å². The lowest BCUT2D eigenvalue weighted by molar-refractivity contribution is 0.490. The number of anilines is 2. The van der Waals surface area contributed by atoms with Crippen LogP contribution in [-0.4, -0.2) is 9.97 Å². The van der Waals surface area contributed by atoms with Gasteiger partial charge in [0.05, 0.1) is 6.54 Å². The maximum Gasteiger partial charge on any atom is 0.148 e. The first-order valence-electron chi connectivity index (χ1n) is 6.96. The van der Waals surface area contributed by atoms with Gasteiger partial charge >= 0.3 is 0 Å². The highest BCUT2D eigenvalue weighted by Gasteiger charge is 2.21. The molecule has 21 heavy (non-hydrogen) atoms. The normalized spacial score (nSPS) is 11.5. The average Bonchev–Trinajstić information content (AvgIpc) is 2.82. The number of rotatable bonds is 4. The predicted molar refractivity (Wildman–Crippen MR) is 84.1 cm³/mol. The van der Waals surface area contributed by atoms with E-state index in [1.165, 1.54) is 0 Å². The van der Waals surface area contributed by atoms with Gasteiger partial charge in [-0.05, 0) is 26.0 Å². The van der Waals surface area contributed by atoms with Crippen molar-refractivity contribution in [1.82, 2.24) is 9.97 Å². The predicted octanol–water partition coefficient (Wildman–Crippen LogP) is 2.88. The van der Waals surface area contributed by atoms with Crippen molar-refractivity contribution in [3.05, 3.63) is 35.0 Å². The topological polar surface area (TPSA) is 89.0 Å². The van der Waals surface area contributed by atoms with Crippen LogP contribution in [0.1, 0.15) is 43.7 Å². The molecule has 0 aliphatic rings.